The van der Waals surface area contributed by atoms with Gasteiger partial charge in [-0.15, -0.1) is 0 Å². The maximum Gasteiger partial charge on any atom is 0.333 e. The zero-order valence-electron chi connectivity index (χ0n) is 38.5. The average molecular weight is 882 g/mol. The fourth-order valence-electron chi connectivity index (χ4n) is 12.5. The number of hydrogen-bond acceptors (Lipinski definition) is 3. The van der Waals surface area contributed by atoms with Gasteiger partial charge < -0.3 is 18.7 Å². The van der Waals surface area contributed by atoms with Crippen molar-refractivity contribution >= 4 is 90.0 Å². The summed E-state index contributed by atoms with van der Waals surface area (Å²) in [5.41, 5.74) is 25.0. The Morgan fingerprint density at radius 1 is 0.478 bits per heavy atom. The molecule has 0 bridgehead atoms. The molecule has 0 N–H and O–H groups in total. The second-order valence-electron chi connectivity index (χ2n) is 19.7. The van der Waals surface area contributed by atoms with E-state index in [-0.39, 0.29) is 12.3 Å². The molecule has 0 unspecified atom stereocenters. The molecule has 0 amide bonds. The van der Waals surface area contributed by atoms with Gasteiger partial charge in [0.25, 0.3) is 0 Å². The zero-order chi connectivity index (χ0) is 45.7. The van der Waals surface area contributed by atoms with Gasteiger partial charge in [-0.3, -0.25) is 0 Å². The van der Waals surface area contributed by atoms with Crippen LogP contribution in [0.4, 0.5) is 28.4 Å². The summed E-state index contributed by atoms with van der Waals surface area (Å²) in [5, 5.41) is 4.78. The number of benzene rings is 10. The van der Waals surface area contributed by atoms with Crippen LogP contribution in [0.1, 0.15) is 30.5 Å². The van der Waals surface area contributed by atoms with E-state index in [9.17, 15) is 0 Å². The first kappa shape index (κ1) is 38.6. The highest BCUT2D eigenvalue weighted by Gasteiger charge is 2.45. The van der Waals surface area contributed by atoms with Gasteiger partial charge in [0.15, 0.2) is 0 Å². The highest BCUT2D eigenvalue weighted by Crippen LogP contribution is 2.53. The normalized spacial score (nSPS) is 13.8. The number of rotatable bonds is 5. The summed E-state index contributed by atoms with van der Waals surface area (Å²) in [5.74, 6) is 0. The van der Waals surface area contributed by atoms with Crippen LogP contribution in [0.3, 0.4) is 0 Å². The van der Waals surface area contributed by atoms with Gasteiger partial charge in [0.05, 0.1) is 11.0 Å². The summed E-state index contributed by atoms with van der Waals surface area (Å²) in [6.45, 7) is 6.74. The standard InChI is InChI=1S/C64H44BN3O/c1-39-26-29-43(30-27-39)68-57-33-31-44(66(41-16-6-4-7-17-41)42-18-8-5-9-19-42)35-50(57)52-36-48(40-28-32-54-49(34-40)45-20-10-13-23-53(45)64(54,2)3)61-47-22-11-14-24-56(47)67-58-37-51-46-21-12-15-25-59(46)69-60(51)38-55(58)65(68)62(52)63(61)67/h4-38H,1-3H3. The van der Waals surface area contributed by atoms with Crippen molar-refractivity contribution in [3.63, 3.8) is 0 Å². The third-order valence-electron chi connectivity index (χ3n) is 15.6. The van der Waals surface area contributed by atoms with E-state index in [0.29, 0.717) is 0 Å². The first-order chi connectivity index (χ1) is 33.9. The minimum absolute atomic E-state index is 0.0931. The Morgan fingerprint density at radius 2 is 1.17 bits per heavy atom. The molecule has 0 spiro atoms. The van der Waals surface area contributed by atoms with E-state index < -0.39 is 0 Å². The highest BCUT2D eigenvalue weighted by atomic mass is 16.3. The summed E-state index contributed by atoms with van der Waals surface area (Å²) in [6, 6.07) is 78.9. The highest BCUT2D eigenvalue weighted by molar-refractivity contribution is 6.94. The van der Waals surface area contributed by atoms with E-state index in [1.165, 1.54) is 88.5 Å². The molecule has 10 aromatic carbocycles. The number of para-hydroxylation sites is 4. The lowest BCUT2D eigenvalue weighted by Crippen LogP contribution is -2.60. The Hall–Kier alpha value is -8.54. The van der Waals surface area contributed by atoms with E-state index >= 15 is 0 Å². The zero-order valence-corrected chi connectivity index (χ0v) is 38.5. The lowest BCUT2D eigenvalue weighted by atomic mass is 9.43. The summed E-state index contributed by atoms with van der Waals surface area (Å²) >= 11 is 0. The lowest BCUT2D eigenvalue weighted by molar-refractivity contribution is 0.660. The average Bonchev–Trinajstić information content (AvgIpc) is 4.01. The Kier molecular flexibility index (Phi) is 7.83. The van der Waals surface area contributed by atoms with Gasteiger partial charge in [0.2, 0.25) is 0 Å². The summed E-state index contributed by atoms with van der Waals surface area (Å²) < 4.78 is 9.35. The van der Waals surface area contributed by atoms with Crippen molar-refractivity contribution in [2.24, 2.45) is 0 Å². The van der Waals surface area contributed by atoms with Gasteiger partial charge in [0.1, 0.15) is 11.2 Å². The molecular weight excluding hydrogens is 838 g/mol. The maximum absolute atomic E-state index is 6.76. The number of aromatic nitrogens is 1. The molecule has 4 heterocycles. The molecule has 0 atom stereocenters. The minimum atomic E-state index is -0.172. The Balaban J connectivity index is 1.10. The van der Waals surface area contributed by atoms with Gasteiger partial charge >= 0.3 is 6.85 Å². The van der Waals surface area contributed by atoms with Crippen LogP contribution < -0.4 is 20.6 Å². The van der Waals surface area contributed by atoms with Crippen LogP contribution in [0.15, 0.2) is 217 Å². The monoisotopic (exact) mass is 881 g/mol. The van der Waals surface area contributed by atoms with Crippen molar-refractivity contribution in [2.75, 3.05) is 9.71 Å². The SMILES string of the molecule is Cc1ccc(N2B3c4cc5oc6ccccc6c5cc4-n4c5ccccc5c5c(-c6ccc7c(c6)-c6ccccc6C7(C)C)cc(c3c54)-c3cc(N(c4ccccc4)c4ccccc4)ccc32)cc1. The molecule has 15 rings (SSSR count). The molecule has 0 radical (unpaired) electrons. The second-order valence-corrected chi connectivity index (χ2v) is 19.7. The topological polar surface area (TPSA) is 24.6 Å². The van der Waals surface area contributed by atoms with E-state index in [2.05, 4.69) is 247 Å². The molecular formula is C64H44BN3O. The fourth-order valence-corrected chi connectivity index (χ4v) is 12.5. The molecule has 69 heavy (non-hydrogen) atoms. The van der Waals surface area contributed by atoms with Crippen molar-refractivity contribution in [1.82, 2.24) is 4.57 Å². The van der Waals surface area contributed by atoms with Gasteiger partial charge in [-0.1, -0.05) is 141 Å². The van der Waals surface area contributed by atoms with Crippen LogP contribution in [0.25, 0.3) is 82.8 Å². The smallest absolute Gasteiger partial charge is 0.333 e. The van der Waals surface area contributed by atoms with E-state index in [4.69, 9.17) is 4.42 Å². The molecule has 0 saturated heterocycles. The quantitative estimate of drug-likeness (QED) is 0.161. The predicted octanol–water partition coefficient (Wildman–Crippen LogP) is 15.7. The number of hydrogen-bond donors (Lipinski definition) is 0. The molecule has 4 nitrogen and oxygen atoms in total. The van der Waals surface area contributed by atoms with Gasteiger partial charge in [-0.25, -0.2) is 0 Å². The van der Waals surface area contributed by atoms with Crippen LogP contribution in [0, 0.1) is 6.92 Å². The lowest BCUT2D eigenvalue weighted by Gasteiger charge is -2.42. The third kappa shape index (κ3) is 5.30. The van der Waals surface area contributed by atoms with Crippen LogP contribution in [0.5, 0.6) is 0 Å². The maximum atomic E-state index is 6.76. The second kappa shape index (κ2) is 14.0. The van der Waals surface area contributed by atoms with Crippen molar-refractivity contribution in [2.45, 2.75) is 26.2 Å². The Bertz CT molecular complexity index is 4090. The van der Waals surface area contributed by atoms with Crippen LogP contribution in [-0.4, -0.2) is 11.4 Å². The number of aryl methyl sites for hydroxylation is 1. The molecule has 5 heteroatoms. The molecule has 0 fully saturated rings. The van der Waals surface area contributed by atoms with Gasteiger partial charge in [-0.05, 0) is 148 Å². The van der Waals surface area contributed by atoms with Crippen molar-refractivity contribution in [3.8, 4) is 39.1 Å². The van der Waals surface area contributed by atoms with Crippen molar-refractivity contribution < 1.29 is 4.42 Å². The number of fused-ring (bicyclic) bond motifs is 14. The van der Waals surface area contributed by atoms with Crippen molar-refractivity contribution in [1.29, 1.82) is 0 Å². The third-order valence-corrected chi connectivity index (χ3v) is 15.6. The largest absolute Gasteiger partial charge is 0.456 e. The van der Waals surface area contributed by atoms with Crippen molar-refractivity contribution in [3.05, 3.63) is 229 Å². The number of nitrogens with zero attached hydrogens (tertiary/aromatic N) is 3. The summed E-state index contributed by atoms with van der Waals surface area (Å²) in [6.07, 6.45) is 0. The van der Waals surface area contributed by atoms with Crippen LogP contribution >= 0.6 is 0 Å². The molecule has 0 saturated carbocycles. The first-order valence-electron chi connectivity index (χ1n) is 24.1. The number of furan rings is 1. The first-order valence-corrected chi connectivity index (χ1v) is 24.1. The minimum Gasteiger partial charge on any atom is -0.456 e. The Morgan fingerprint density at radius 3 is 1.97 bits per heavy atom. The summed E-state index contributed by atoms with van der Waals surface area (Å²) in [7, 11) is 0. The molecule has 3 aliphatic rings. The van der Waals surface area contributed by atoms with Gasteiger partial charge in [-0.2, -0.15) is 0 Å². The summed E-state index contributed by atoms with van der Waals surface area (Å²) in [4.78, 5) is 5.00. The van der Waals surface area contributed by atoms with E-state index in [1.54, 1.807) is 0 Å². The molecule has 2 aromatic heterocycles. The molecule has 12 aromatic rings. The molecule has 324 valence electrons. The number of anilines is 5. The van der Waals surface area contributed by atoms with E-state index in [1.807, 2.05) is 0 Å². The van der Waals surface area contributed by atoms with Crippen LogP contribution in [0.2, 0.25) is 0 Å². The predicted molar refractivity (Wildman–Crippen MR) is 290 cm³/mol. The fraction of sp³-hybridized carbons (Fsp3) is 0.0625. The van der Waals surface area contributed by atoms with Crippen LogP contribution in [-0.2, 0) is 5.41 Å². The van der Waals surface area contributed by atoms with E-state index in [0.717, 1.165) is 50.4 Å². The molecule has 2 aliphatic heterocycles. The van der Waals surface area contributed by atoms with Gasteiger partial charge in [0, 0.05) is 66.6 Å². The Labute approximate surface area is 401 Å². The molecule has 1 aliphatic carbocycles.